The Labute approximate surface area is 118 Å². The van der Waals surface area contributed by atoms with Crippen molar-refractivity contribution in [3.63, 3.8) is 0 Å². The maximum atomic E-state index is 12.4. The molecular formula is C14H22N2O2S. The number of carbonyl (C=O) groups is 1. The van der Waals surface area contributed by atoms with Gasteiger partial charge in [0.05, 0.1) is 12.0 Å². The van der Waals surface area contributed by atoms with E-state index in [0.717, 1.165) is 36.8 Å². The molecular weight excluding hydrogens is 260 g/mol. The third kappa shape index (κ3) is 3.70. The van der Waals surface area contributed by atoms with E-state index in [0.29, 0.717) is 5.92 Å². The van der Waals surface area contributed by atoms with Gasteiger partial charge in [-0.3, -0.25) is 4.79 Å². The van der Waals surface area contributed by atoms with E-state index in [2.05, 4.69) is 5.32 Å². The number of hydrogen-bond donors (Lipinski definition) is 1. The molecule has 106 valence electrons. The molecule has 0 saturated carbocycles. The first-order valence-corrected chi connectivity index (χ1v) is 7.75. The third-order valence-electron chi connectivity index (χ3n) is 3.57. The first-order chi connectivity index (χ1) is 9.24. The SMILES string of the molecule is CCN(CC1CCCNC1)C(=O)c1cc(OC)cs1. The summed E-state index contributed by atoms with van der Waals surface area (Å²) < 4.78 is 5.14. The standard InChI is InChI=1S/C14H22N2O2S/c1-3-16(9-11-5-4-6-15-8-11)14(17)13-7-12(18-2)10-19-13/h7,10-11,15H,3-6,8-9H2,1-2H3. The van der Waals surface area contributed by atoms with Crippen LogP contribution in [0.5, 0.6) is 5.75 Å². The van der Waals surface area contributed by atoms with Crippen LogP contribution in [0.2, 0.25) is 0 Å². The Morgan fingerprint density at radius 2 is 2.47 bits per heavy atom. The van der Waals surface area contributed by atoms with Gasteiger partial charge in [-0.15, -0.1) is 11.3 Å². The number of nitrogens with zero attached hydrogens (tertiary/aromatic N) is 1. The zero-order valence-electron chi connectivity index (χ0n) is 11.6. The first-order valence-electron chi connectivity index (χ1n) is 6.87. The molecule has 19 heavy (non-hydrogen) atoms. The van der Waals surface area contributed by atoms with E-state index < -0.39 is 0 Å². The predicted octanol–water partition coefficient (Wildman–Crippen LogP) is 2.22. The van der Waals surface area contributed by atoms with E-state index in [1.54, 1.807) is 7.11 Å². The van der Waals surface area contributed by atoms with Crippen LogP contribution in [0, 0.1) is 5.92 Å². The van der Waals surface area contributed by atoms with E-state index in [4.69, 9.17) is 4.74 Å². The van der Waals surface area contributed by atoms with Gasteiger partial charge in [-0.25, -0.2) is 0 Å². The van der Waals surface area contributed by atoms with Gasteiger partial charge in [0.25, 0.3) is 5.91 Å². The molecule has 1 N–H and O–H groups in total. The second kappa shape index (κ2) is 6.91. The molecule has 1 aliphatic heterocycles. The molecule has 5 heteroatoms. The van der Waals surface area contributed by atoms with Crippen molar-refractivity contribution in [2.75, 3.05) is 33.3 Å². The maximum absolute atomic E-state index is 12.4. The average Bonchev–Trinajstić information content (AvgIpc) is 2.94. The number of rotatable bonds is 5. The summed E-state index contributed by atoms with van der Waals surface area (Å²) in [5.41, 5.74) is 0. The van der Waals surface area contributed by atoms with Crippen molar-refractivity contribution in [2.24, 2.45) is 5.92 Å². The largest absolute Gasteiger partial charge is 0.496 e. The van der Waals surface area contributed by atoms with Crippen LogP contribution in [0.1, 0.15) is 29.4 Å². The second-order valence-corrected chi connectivity index (χ2v) is 5.82. The number of nitrogens with one attached hydrogen (secondary N) is 1. The van der Waals surface area contributed by atoms with E-state index in [1.807, 2.05) is 23.3 Å². The highest BCUT2D eigenvalue weighted by Crippen LogP contribution is 2.23. The Kier molecular flexibility index (Phi) is 5.22. The fourth-order valence-corrected chi connectivity index (χ4v) is 3.26. The Morgan fingerprint density at radius 3 is 3.05 bits per heavy atom. The molecule has 1 atom stereocenters. The highest BCUT2D eigenvalue weighted by atomic mass is 32.1. The van der Waals surface area contributed by atoms with Crippen LogP contribution in [0.15, 0.2) is 11.4 Å². The van der Waals surface area contributed by atoms with Crippen LogP contribution in [-0.2, 0) is 0 Å². The molecule has 1 amide bonds. The fraction of sp³-hybridized carbons (Fsp3) is 0.643. The van der Waals surface area contributed by atoms with Crippen molar-refractivity contribution in [1.82, 2.24) is 10.2 Å². The van der Waals surface area contributed by atoms with Crippen molar-refractivity contribution in [2.45, 2.75) is 19.8 Å². The van der Waals surface area contributed by atoms with Crippen LogP contribution in [0.3, 0.4) is 0 Å². The zero-order chi connectivity index (χ0) is 13.7. The number of ether oxygens (including phenoxy) is 1. The van der Waals surface area contributed by atoms with Crippen LogP contribution in [-0.4, -0.2) is 44.1 Å². The van der Waals surface area contributed by atoms with Crippen molar-refractivity contribution < 1.29 is 9.53 Å². The van der Waals surface area contributed by atoms with Crippen molar-refractivity contribution >= 4 is 17.2 Å². The number of amides is 1. The van der Waals surface area contributed by atoms with E-state index >= 15 is 0 Å². The molecule has 1 aromatic heterocycles. The lowest BCUT2D eigenvalue weighted by Crippen LogP contribution is -2.40. The molecule has 0 radical (unpaired) electrons. The zero-order valence-corrected chi connectivity index (χ0v) is 12.5. The lowest BCUT2D eigenvalue weighted by atomic mass is 9.99. The van der Waals surface area contributed by atoms with Gasteiger partial charge in [0, 0.05) is 24.5 Å². The van der Waals surface area contributed by atoms with Gasteiger partial charge in [-0.1, -0.05) is 0 Å². The van der Waals surface area contributed by atoms with E-state index in [1.165, 1.54) is 24.2 Å². The summed E-state index contributed by atoms with van der Waals surface area (Å²) in [5, 5.41) is 5.28. The van der Waals surface area contributed by atoms with Gasteiger partial charge in [0.15, 0.2) is 0 Å². The summed E-state index contributed by atoms with van der Waals surface area (Å²) in [6, 6.07) is 1.83. The molecule has 1 aliphatic rings. The Balaban J connectivity index is 1.97. The van der Waals surface area contributed by atoms with Gasteiger partial charge in [0.1, 0.15) is 5.75 Å². The summed E-state index contributed by atoms with van der Waals surface area (Å²) in [6.07, 6.45) is 2.42. The summed E-state index contributed by atoms with van der Waals surface area (Å²) in [6.45, 7) is 5.79. The Bertz CT molecular complexity index is 413. The lowest BCUT2D eigenvalue weighted by Gasteiger charge is -2.29. The minimum Gasteiger partial charge on any atom is -0.496 e. The number of methoxy groups -OCH3 is 1. The molecule has 0 aliphatic carbocycles. The number of piperidine rings is 1. The molecule has 1 unspecified atom stereocenters. The molecule has 1 aromatic rings. The van der Waals surface area contributed by atoms with Gasteiger partial charge in [-0.05, 0) is 38.8 Å². The van der Waals surface area contributed by atoms with Crippen molar-refractivity contribution in [1.29, 1.82) is 0 Å². The van der Waals surface area contributed by atoms with Gasteiger partial charge >= 0.3 is 0 Å². The average molecular weight is 282 g/mol. The Hall–Kier alpha value is -1.07. The van der Waals surface area contributed by atoms with Crippen molar-refractivity contribution in [3.05, 3.63) is 16.3 Å². The minimum absolute atomic E-state index is 0.126. The molecule has 0 spiro atoms. The van der Waals surface area contributed by atoms with Gasteiger partial charge in [-0.2, -0.15) is 0 Å². The molecule has 2 heterocycles. The topological polar surface area (TPSA) is 41.6 Å². The second-order valence-electron chi connectivity index (χ2n) is 4.91. The van der Waals surface area contributed by atoms with Crippen LogP contribution >= 0.6 is 11.3 Å². The molecule has 4 nitrogen and oxygen atoms in total. The molecule has 0 aromatic carbocycles. The summed E-state index contributed by atoms with van der Waals surface area (Å²) >= 11 is 1.46. The number of carbonyl (C=O) groups excluding carboxylic acids is 1. The number of hydrogen-bond acceptors (Lipinski definition) is 4. The van der Waals surface area contributed by atoms with E-state index in [-0.39, 0.29) is 5.91 Å². The summed E-state index contributed by atoms with van der Waals surface area (Å²) in [4.78, 5) is 15.2. The highest BCUT2D eigenvalue weighted by molar-refractivity contribution is 7.12. The molecule has 2 rings (SSSR count). The quantitative estimate of drug-likeness (QED) is 0.900. The van der Waals surface area contributed by atoms with Crippen LogP contribution < -0.4 is 10.1 Å². The van der Waals surface area contributed by atoms with Crippen molar-refractivity contribution in [3.8, 4) is 5.75 Å². The Morgan fingerprint density at radius 1 is 1.63 bits per heavy atom. The highest BCUT2D eigenvalue weighted by Gasteiger charge is 2.21. The monoisotopic (exact) mass is 282 g/mol. The van der Waals surface area contributed by atoms with Gasteiger partial charge < -0.3 is 15.0 Å². The fourth-order valence-electron chi connectivity index (χ4n) is 2.44. The normalized spacial score (nSPS) is 19.2. The smallest absolute Gasteiger partial charge is 0.264 e. The molecule has 1 saturated heterocycles. The molecule has 0 bridgehead atoms. The minimum atomic E-state index is 0.126. The predicted molar refractivity (Wildman–Crippen MR) is 78.0 cm³/mol. The van der Waals surface area contributed by atoms with Gasteiger partial charge in [0.2, 0.25) is 0 Å². The number of thiophene rings is 1. The summed E-state index contributed by atoms with van der Waals surface area (Å²) in [5.74, 6) is 1.48. The lowest BCUT2D eigenvalue weighted by molar-refractivity contribution is 0.0733. The van der Waals surface area contributed by atoms with Crippen LogP contribution in [0.4, 0.5) is 0 Å². The summed E-state index contributed by atoms with van der Waals surface area (Å²) in [7, 11) is 1.63. The van der Waals surface area contributed by atoms with E-state index in [9.17, 15) is 4.79 Å². The molecule has 1 fully saturated rings. The third-order valence-corrected chi connectivity index (χ3v) is 4.46. The first kappa shape index (κ1) is 14.3. The maximum Gasteiger partial charge on any atom is 0.264 e. The van der Waals surface area contributed by atoms with Crippen LogP contribution in [0.25, 0.3) is 0 Å².